The first kappa shape index (κ1) is 15.9. The van der Waals surface area contributed by atoms with Crippen LogP contribution in [0.1, 0.15) is 26.7 Å². The highest BCUT2D eigenvalue weighted by Crippen LogP contribution is 2.20. The standard InChI is InChI=1S/C12H16N2O4/c1-3-4-9(2)10(11(15)17-7-5-13)12(16)18-8-6-14/h9-10H,3-4,7-8H2,1-2H3. The van der Waals surface area contributed by atoms with E-state index in [0.29, 0.717) is 6.42 Å². The van der Waals surface area contributed by atoms with Crippen LogP contribution < -0.4 is 0 Å². The van der Waals surface area contributed by atoms with Gasteiger partial charge in [-0.2, -0.15) is 10.5 Å². The van der Waals surface area contributed by atoms with Crippen LogP contribution >= 0.6 is 0 Å². The minimum Gasteiger partial charge on any atom is -0.450 e. The van der Waals surface area contributed by atoms with Crippen LogP contribution in [0.15, 0.2) is 0 Å². The fourth-order valence-corrected chi connectivity index (χ4v) is 1.57. The third-order valence-corrected chi connectivity index (χ3v) is 2.38. The maximum Gasteiger partial charge on any atom is 0.321 e. The summed E-state index contributed by atoms with van der Waals surface area (Å²) in [6, 6.07) is 3.32. The molecule has 6 nitrogen and oxygen atoms in total. The van der Waals surface area contributed by atoms with E-state index in [1.807, 2.05) is 6.92 Å². The summed E-state index contributed by atoms with van der Waals surface area (Å²) in [6.45, 7) is 2.85. The van der Waals surface area contributed by atoms with Crippen molar-refractivity contribution < 1.29 is 19.1 Å². The summed E-state index contributed by atoms with van der Waals surface area (Å²) in [5.41, 5.74) is 0. The summed E-state index contributed by atoms with van der Waals surface area (Å²) >= 11 is 0. The molecule has 0 aromatic heterocycles. The van der Waals surface area contributed by atoms with Crippen molar-refractivity contribution in [2.75, 3.05) is 13.2 Å². The van der Waals surface area contributed by atoms with Crippen molar-refractivity contribution in [2.45, 2.75) is 26.7 Å². The van der Waals surface area contributed by atoms with Crippen LogP contribution in [0.4, 0.5) is 0 Å². The molecule has 0 amide bonds. The van der Waals surface area contributed by atoms with E-state index in [-0.39, 0.29) is 5.92 Å². The predicted molar refractivity (Wildman–Crippen MR) is 60.7 cm³/mol. The molecule has 0 spiro atoms. The first-order chi connectivity index (χ1) is 8.58. The van der Waals surface area contributed by atoms with Gasteiger partial charge >= 0.3 is 11.9 Å². The summed E-state index contributed by atoms with van der Waals surface area (Å²) in [5.74, 6) is -2.89. The Bertz CT molecular complexity index is 337. The van der Waals surface area contributed by atoms with Crippen molar-refractivity contribution in [2.24, 2.45) is 11.8 Å². The Kier molecular flexibility index (Phi) is 7.96. The number of nitrogens with zero attached hydrogens (tertiary/aromatic N) is 2. The molecule has 0 saturated heterocycles. The van der Waals surface area contributed by atoms with Gasteiger partial charge in [-0.05, 0) is 12.3 Å². The van der Waals surface area contributed by atoms with Crippen LogP contribution in [-0.4, -0.2) is 25.2 Å². The van der Waals surface area contributed by atoms with Gasteiger partial charge in [-0.1, -0.05) is 20.3 Å². The second-order valence-electron chi connectivity index (χ2n) is 3.78. The lowest BCUT2D eigenvalue weighted by atomic mass is 9.90. The lowest BCUT2D eigenvalue weighted by molar-refractivity contribution is -0.163. The molecule has 0 aromatic carbocycles. The molecule has 0 saturated carbocycles. The molecule has 0 aliphatic heterocycles. The number of nitriles is 2. The summed E-state index contributed by atoms with van der Waals surface area (Å²) < 4.78 is 9.28. The van der Waals surface area contributed by atoms with Crippen molar-refractivity contribution in [3.63, 3.8) is 0 Å². The van der Waals surface area contributed by atoms with E-state index in [9.17, 15) is 9.59 Å². The van der Waals surface area contributed by atoms with Crippen molar-refractivity contribution in [1.82, 2.24) is 0 Å². The zero-order valence-corrected chi connectivity index (χ0v) is 10.5. The molecule has 98 valence electrons. The number of carbonyl (C=O) groups excluding carboxylic acids is 2. The van der Waals surface area contributed by atoms with Gasteiger partial charge in [-0.3, -0.25) is 9.59 Å². The quantitative estimate of drug-likeness (QED) is 0.498. The minimum atomic E-state index is -1.08. The van der Waals surface area contributed by atoms with E-state index in [4.69, 9.17) is 10.5 Å². The number of ether oxygens (including phenoxy) is 2. The van der Waals surface area contributed by atoms with Crippen LogP contribution in [0.5, 0.6) is 0 Å². The molecule has 6 heteroatoms. The molecule has 0 fully saturated rings. The van der Waals surface area contributed by atoms with E-state index in [2.05, 4.69) is 9.47 Å². The zero-order valence-electron chi connectivity index (χ0n) is 10.5. The largest absolute Gasteiger partial charge is 0.450 e. The molecule has 0 aliphatic carbocycles. The Balaban J connectivity index is 4.71. The molecule has 18 heavy (non-hydrogen) atoms. The van der Waals surface area contributed by atoms with Crippen LogP contribution in [-0.2, 0) is 19.1 Å². The average molecular weight is 252 g/mol. The molecular formula is C12H16N2O4. The predicted octanol–water partition coefficient (Wildman–Crippen LogP) is 1.17. The summed E-state index contributed by atoms with van der Waals surface area (Å²) in [6.07, 6.45) is 1.45. The first-order valence-corrected chi connectivity index (χ1v) is 5.65. The molecule has 0 aromatic rings. The first-order valence-electron chi connectivity index (χ1n) is 5.65. The molecule has 0 N–H and O–H groups in total. The number of carbonyl (C=O) groups is 2. The summed E-state index contributed by atoms with van der Waals surface area (Å²) in [7, 11) is 0. The fourth-order valence-electron chi connectivity index (χ4n) is 1.57. The van der Waals surface area contributed by atoms with Gasteiger partial charge in [0.15, 0.2) is 19.1 Å². The lowest BCUT2D eigenvalue weighted by Crippen LogP contribution is -2.33. The normalized spacial score (nSPS) is 11.2. The van der Waals surface area contributed by atoms with Crippen LogP contribution in [0.3, 0.4) is 0 Å². The molecule has 1 atom stereocenters. The van der Waals surface area contributed by atoms with Gasteiger partial charge in [-0.25, -0.2) is 0 Å². The molecular weight excluding hydrogens is 236 g/mol. The molecule has 0 bridgehead atoms. The van der Waals surface area contributed by atoms with E-state index >= 15 is 0 Å². The zero-order chi connectivity index (χ0) is 14.0. The van der Waals surface area contributed by atoms with Gasteiger partial charge in [0.2, 0.25) is 0 Å². The summed E-state index contributed by atoms with van der Waals surface area (Å²) in [4.78, 5) is 23.3. The topological polar surface area (TPSA) is 100 Å². The van der Waals surface area contributed by atoms with Gasteiger partial charge in [0.05, 0.1) is 0 Å². The number of rotatable bonds is 7. The Morgan fingerprint density at radius 1 is 1.11 bits per heavy atom. The SMILES string of the molecule is CCCC(C)C(C(=O)OCC#N)C(=O)OCC#N. The van der Waals surface area contributed by atoms with Crippen LogP contribution in [0.25, 0.3) is 0 Å². The molecule has 0 heterocycles. The Morgan fingerprint density at radius 3 is 1.89 bits per heavy atom. The van der Waals surface area contributed by atoms with Crippen LogP contribution in [0.2, 0.25) is 0 Å². The van der Waals surface area contributed by atoms with Crippen molar-refractivity contribution in [3.8, 4) is 12.1 Å². The minimum absolute atomic E-state index is 0.257. The lowest BCUT2D eigenvalue weighted by Gasteiger charge is -2.19. The van der Waals surface area contributed by atoms with Crippen molar-refractivity contribution >= 4 is 11.9 Å². The number of esters is 2. The van der Waals surface area contributed by atoms with Gasteiger partial charge in [0.1, 0.15) is 12.1 Å². The second kappa shape index (κ2) is 9.00. The second-order valence-corrected chi connectivity index (χ2v) is 3.78. The molecule has 0 rings (SSSR count). The van der Waals surface area contributed by atoms with Gasteiger partial charge < -0.3 is 9.47 Å². The Morgan fingerprint density at radius 2 is 1.56 bits per heavy atom. The van der Waals surface area contributed by atoms with Gasteiger partial charge in [-0.15, -0.1) is 0 Å². The highest BCUT2D eigenvalue weighted by molar-refractivity contribution is 5.95. The van der Waals surface area contributed by atoms with Gasteiger partial charge in [0.25, 0.3) is 0 Å². The van der Waals surface area contributed by atoms with E-state index in [1.54, 1.807) is 19.1 Å². The molecule has 0 radical (unpaired) electrons. The third-order valence-electron chi connectivity index (χ3n) is 2.38. The van der Waals surface area contributed by atoms with Crippen molar-refractivity contribution in [3.05, 3.63) is 0 Å². The Labute approximate surface area is 106 Å². The van der Waals surface area contributed by atoms with E-state index in [0.717, 1.165) is 6.42 Å². The van der Waals surface area contributed by atoms with E-state index < -0.39 is 31.1 Å². The smallest absolute Gasteiger partial charge is 0.321 e. The maximum atomic E-state index is 11.7. The van der Waals surface area contributed by atoms with E-state index in [1.165, 1.54) is 0 Å². The highest BCUT2D eigenvalue weighted by atomic mass is 16.6. The maximum absolute atomic E-state index is 11.7. The molecule has 0 aliphatic rings. The van der Waals surface area contributed by atoms with Crippen LogP contribution in [0, 0.1) is 34.5 Å². The number of hydrogen-bond donors (Lipinski definition) is 0. The highest BCUT2D eigenvalue weighted by Gasteiger charge is 2.34. The monoisotopic (exact) mass is 252 g/mol. The molecule has 1 unspecified atom stereocenters. The third kappa shape index (κ3) is 5.31. The average Bonchev–Trinajstić information content (AvgIpc) is 2.34. The van der Waals surface area contributed by atoms with Crippen molar-refractivity contribution in [1.29, 1.82) is 10.5 Å². The fraction of sp³-hybridized carbons (Fsp3) is 0.667. The van der Waals surface area contributed by atoms with Gasteiger partial charge in [0, 0.05) is 0 Å². The number of hydrogen-bond acceptors (Lipinski definition) is 6. The Hall–Kier alpha value is -2.08. The summed E-state index contributed by atoms with van der Waals surface area (Å²) in [5, 5.41) is 16.7.